The smallest absolute Gasteiger partial charge is 0.0274 e. The van der Waals surface area contributed by atoms with Crippen LogP contribution in [0.5, 0.6) is 0 Å². The number of hydrogen-bond donors (Lipinski definition) is 0. The van der Waals surface area contributed by atoms with E-state index in [1.165, 1.54) is 44.9 Å². The molecule has 0 amide bonds. The lowest BCUT2D eigenvalue weighted by Crippen LogP contribution is -1.86. The van der Waals surface area contributed by atoms with E-state index < -0.39 is 0 Å². The third-order valence-corrected chi connectivity index (χ3v) is 3.17. The summed E-state index contributed by atoms with van der Waals surface area (Å²) >= 11 is 0. The molecular formula is C12H18. The van der Waals surface area contributed by atoms with E-state index in [1.807, 2.05) is 0 Å². The largest absolute Gasteiger partial charge is 0.0810 e. The SMILES string of the molecule is CCC1=CCCCC2=C1CCC2. The van der Waals surface area contributed by atoms with Gasteiger partial charge >= 0.3 is 0 Å². The minimum atomic E-state index is 1.25. The summed E-state index contributed by atoms with van der Waals surface area (Å²) in [6.07, 6.45) is 12.0. The topological polar surface area (TPSA) is 0 Å². The molecule has 0 fully saturated rings. The van der Waals surface area contributed by atoms with Gasteiger partial charge in [0.25, 0.3) is 0 Å². The highest BCUT2D eigenvalue weighted by atomic mass is 14.2. The molecule has 12 heavy (non-hydrogen) atoms. The zero-order valence-electron chi connectivity index (χ0n) is 8.03. The average molecular weight is 162 g/mol. The van der Waals surface area contributed by atoms with Crippen LogP contribution in [0.4, 0.5) is 0 Å². The Bertz CT molecular complexity index is 230. The van der Waals surface area contributed by atoms with Crippen LogP contribution in [0.25, 0.3) is 0 Å². The minimum Gasteiger partial charge on any atom is -0.0810 e. The summed E-state index contributed by atoms with van der Waals surface area (Å²) in [6, 6.07) is 0. The van der Waals surface area contributed by atoms with Crippen LogP contribution in [0, 0.1) is 0 Å². The molecule has 0 unspecified atom stereocenters. The molecule has 0 aliphatic heterocycles. The lowest BCUT2D eigenvalue weighted by Gasteiger charge is -2.06. The molecule has 0 spiro atoms. The Morgan fingerprint density at radius 3 is 2.83 bits per heavy atom. The van der Waals surface area contributed by atoms with Crippen LogP contribution in [0.15, 0.2) is 22.8 Å². The fraction of sp³-hybridized carbons (Fsp3) is 0.667. The maximum atomic E-state index is 2.48. The van der Waals surface area contributed by atoms with Crippen LogP contribution in [0.1, 0.15) is 51.9 Å². The Balaban J connectivity index is 2.28. The summed E-state index contributed by atoms with van der Waals surface area (Å²) in [5.41, 5.74) is 5.20. The summed E-state index contributed by atoms with van der Waals surface area (Å²) in [6.45, 7) is 2.29. The third-order valence-electron chi connectivity index (χ3n) is 3.17. The van der Waals surface area contributed by atoms with Crippen molar-refractivity contribution in [2.24, 2.45) is 0 Å². The molecule has 0 saturated carbocycles. The lowest BCUT2D eigenvalue weighted by molar-refractivity contribution is 0.789. The van der Waals surface area contributed by atoms with E-state index >= 15 is 0 Å². The molecular weight excluding hydrogens is 144 g/mol. The average Bonchev–Trinajstić information content (AvgIpc) is 2.46. The highest BCUT2D eigenvalue weighted by molar-refractivity contribution is 5.39. The molecule has 0 aromatic carbocycles. The van der Waals surface area contributed by atoms with Crippen LogP contribution < -0.4 is 0 Å². The summed E-state index contributed by atoms with van der Waals surface area (Å²) in [5, 5.41) is 0. The lowest BCUT2D eigenvalue weighted by atomic mass is 10.0. The van der Waals surface area contributed by atoms with Gasteiger partial charge in [0.2, 0.25) is 0 Å². The fourth-order valence-corrected chi connectivity index (χ4v) is 2.54. The highest BCUT2D eigenvalue weighted by Gasteiger charge is 2.17. The molecule has 0 radical (unpaired) electrons. The van der Waals surface area contributed by atoms with Gasteiger partial charge in [0.1, 0.15) is 0 Å². The van der Waals surface area contributed by atoms with E-state index in [0.717, 1.165) is 0 Å². The second-order valence-corrected chi connectivity index (χ2v) is 3.91. The molecule has 0 heterocycles. The first kappa shape index (κ1) is 8.10. The van der Waals surface area contributed by atoms with Crippen LogP contribution in [-0.4, -0.2) is 0 Å². The predicted octanol–water partition coefficient (Wildman–Crippen LogP) is 3.99. The van der Waals surface area contributed by atoms with Crippen molar-refractivity contribution in [1.29, 1.82) is 0 Å². The van der Waals surface area contributed by atoms with E-state index in [1.54, 1.807) is 16.7 Å². The van der Waals surface area contributed by atoms with Crippen molar-refractivity contribution in [1.82, 2.24) is 0 Å². The Morgan fingerprint density at radius 2 is 2.00 bits per heavy atom. The standard InChI is InChI=1S/C12H18/c1-2-10-6-3-4-7-11-8-5-9-12(10)11/h6H,2-5,7-9H2,1H3. The first-order valence-electron chi connectivity index (χ1n) is 5.32. The Labute approximate surface area is 75.4 Å². The van der Waals surface area contributed by atoms with Crippen LogP contribution in [0.3, 0.4) is 0 Å². The van der Waals surface area contributed by atoms with Crippen LogP contribution in [-0.2, 0) is 0 Å². The van der Waals surface area contributed by atoms with Gasteiger partial charge < -0.3 is 0 Å². The van der Waals surface area contributed by atoms with Crippen molar-refractivity contribution in [3.8, 4) is 0 Å². The molecule has 0 aromatic rings. The molecule has 2 aliphatic carbocycles. The number of allylic oxidation sites excluding steroid dienone is 4. The van der Waals surface area contributed by atoms with Crippen molar-refractivity contribution >= 4 is 0 Å². The van der Waals surface area contributed by atoms with Crippen molar-refractivity contribution < 1.29 is 0 Å². The van der Waals surface area contributed by atoms with Crippen molar-refractivity contribution in [3.05, 3.63) is 22.8 Å². The van der Waals surface area contributed by atoms with Gasteiger partial charge in [-0.15, -0.1) is 0 Å². The molecule has 0 nitrogen and oxygen atoms in total. The van der Waals surface area contributed by atoms with E-state index in [-0.39, 0.29) is 0 Å². The molecule has 0 heteroatoms. The summed E-state index contributed by atoms with van der Waals surface area (Å²) in [7, 11) is 0. The molecule has 0 saturated heterocycles. The molecule has 0 bridgehead atoms. The zero-order valence-corrected chi connectivity index (χ0v) is 8.03. The molecule has 2 rings (SSSR count). The monoisotopic (exact) mass is 162 g/mol. The van der Waals surface area contributed by atoms with Crippen molar-refractivity contribution in [3.63, 3.8) is 0 Å². The predicted molar refractivity (Wildman–Crippen MR) is 53.1 cm³/mol. The van der Waals surface area contributed by atoms with E-state index in [9.17, 15) is 0 Å². The molecule has 0 aromatic heterocycles. The van der Waals surface area contributed by atoms with E-state index in [0.29, 0.717) is 0 Å². The van der Waals surface area contributed by atoms with Crippen molar-refractivity contribution in [2.75, 3.05) is 0 Å². The minimum absolute atomic E-state index is 1.25. The van der Waals surface area contributed by atoms with Gasteiger partial charge in [-0.3, -0.25) is 0 Å². The first-order chi connectivity index (χ1) is 5.92. The van der Waals surface area contributed by atoms with Gasteiger partial charge in [-0.25, -0.2) is 0 Å². The van der Waals surface area contributed by atoms with Crippen LogP contribution in [0.2, 0.25) is 0 Å². The maximum absolute atomic E-state index is 2.48. The van der Waals surface area contributed by atoms with E-state index in [4.69, 9.17) is 0 Å². The molecule has 66 valence electrons. The highest BCUT2D eigenvalue weighted by Crippen LogP contribution is 2.37. The third kappa shape index (κ3) is 1.35. The van der Waals surface area contributed by atoms with Gasteiger partial charge in [-0.05, 0) is 56.1 Å². The van der Waals surface area contributed by atoms with Crippen molar-refractivity contribution in [2.45, 2.75) is 51.9 Å². The fourth-order valence-electron chi connectivity index (χ4n) is 2.54. The van der Waals surface area contributed by atoms with Gasteiger partial charge in [0.05, 0.1) is 0 Å². The van der Waals surface area contributed by atoms with Crippen LogP contribution >= 0.6 is 0 Å². The number of rotatable bonds is 1. The second kappa shape index (κ2) is 3.47. The maximum Gasteiger partial charge on any atom is -0.0274 e. The van der Waals surface area contributed by atoms with E-state index in [2.05, 4.69) is 13.0 Å². The first-order valence-corrected chi connectivity index (χ1v) is 5.32. The summed E-state index contributed by atoms with van der Waals surface area (Å²) < 4.78 is 0. The normalized spacial score (nSPS) is 23.6. The zero-order chi connectivity index (χ0) is 8.39. The Kier molecular flexibility index (Phi) is 2.34. The molecule has 0 atom stereocenters. The quantitative estimate of drug-likeness (QED) is 0.547. The van der Waals surface area contributed by atoms with Gasteiger partial charge in [0.15, 0.2) is 0 Å². The van der Waals surface area contributed by atoms with Gasteiger partial charge in [-0.1, -0.05) is 18.6 Å². The summed E-state index contributed by atoms with van der Waals surface area (Å²) in [4.78, 5) is 0. The molecule has 0 N–H and O–H groups in total. The molecule has 2 aliphatic rings. The van der Waals surface area contributed by atoms with Gasteiger partial charge in [-0.2, -0.15) is 0 Å². The second-order valence-electron chi connectivity index (χ2n) is 3.91. The summed E-state index contributed by atoms with van der Waals surface area (Å²) in [5.74, 6) is 0. The Hall–Kier alpha value is -0.520. The Morgan fingerprint density at radius 1 is 1.17 bits per heavy atom. The van der Waals surface area contributed by atoms with Gasteiger partial charge in [0, 0.05) is 0 Å². The number of hydrogen-bond acceptors (Lipinski definition) is 0.